The molecule has 0 aliphatic carbocycles. The van der Waals surface area contributed by atoms with Crippen molar-refractivity contribution in [3.05, 3.63) is 0 Å². The highest BCUT2D eigenvalue weighted by molar-refractivity contribution is 5.95. The number of nitrogens with two attached hydrogens (primary N) is 2. The summed E-state index contributed by atoms with van der Waals surface area (Å²) in [6.45, 7) is 11.8. The Bertz CT molecular complexity index is 939. The first-order valence-electron chi connectivity index (χ1n) is 14.5. The van der Waals surface area contributed by atoms with Crippen LogP contribution in [0.3, 0.4) is 0 Å². The summed E-state index contributed by atoms with van der Waals surface area (Å²) in [4.78, 5) is 77.0. The molecule has 234 valence electrons. The Morgan fingerprint density at radius 1 is 0.805 bits per heavy atom. The average Bonchev–Trinajstić information content (AvgIpc) is 3.33. The molecule has 13 heteroatoms. The van der Waals surface area contributed by atoms with Gasteiger partial charge in [-0.25, -0.2) is 4.79 Å². The minimum atomic E-state index is -1.33. The lowest BCUT2D eigenvalue weighted by atomic mass is 9.98. The topological polar surface area (TPSA) is 214 Å². The fourth-order valence-electron chi connectivity index (χ4n) is 4.88. The summed E-state index contributed by atoms with van der Waals surface area (Å²) in [5.74, 6) is -3.78. The van der Waals surface area contributed by atoms with Crippen molar-refractivity contribution < 1.29 is 33.9 Å². The van der Waals surface area contributed by atoms with Gasteiger partial charge in [-0.1, -0.05) is 41.5 Å². The Morgan fingerprint density at radius 2 is 1.34 bits per heavy atom. The van der Waals surface area contributed by atoms with Gasteiger partial charge in [0.15, 0.2) is 0 Å². The van der Waals surface area contributed by atoms with Gasteiger partial charge in [0, 0.05) is 13.0 Å². The average molecular weight is 583 g/mol. The van der Waals surface area contributed by atoms with Gasteiger partial charge in [0.05, 0.1) is 6.04 Å². The van der Waals surface area contributed by atoms with Gasteiger partial charge in [0.1, 0.15) is 24.2 Å². The van der Waals surface area contributed by atoms with Crippen molar-refractivity contribution >= 4 is 35.5 Å². The predicted molar refractivity (Wildman–Crippen MR) is 153 cm³/mol. The normalized spacial score (nSPS) is 18.1. The van der Waals surface area contributed by atoms with Crippen LogP contribution in [0.15, 0.2) is 0 Å². The molecule has 13 nitrogen and oxygen atoms in total. The highest BCUT2D eigenvalue weighted by atomic mass is 16.4. The molecule has 1 aliphatic heterocycles. The molecule has 1 fully saturated rings. The van der Waals surface area contributed by atoms with Crippen molar-refractivity contribution in [2.75, 3.05) is 6.54 Å². The first-order chi connectivity index (χ1) is 19.0. The van der Waals surface area contributed by atoms with Crippen LogP contribution >= 0.6 is 0 Å². The number of hydrogen-bond donors (Lipinski definition) is 6. The van der Waals surface area contributed by atoms with E-state index in [1.165, 1.54) is 4.90 Å². The number of carboxylic acids is 1. The Balaban J connectivity index is 3.08. The number of carboxylic acid groups (broad SMARTS) is 1. The maximum atomic E-state index is 13.7. The summed E-state index contributed by atoms with van der Waals surface area (Å²) in [7, 11) is 0. The largest absolute Gasteiger partial charge is 0.480 e. The van der Waals surface area contributed by atoms with E-state index in [1.54, 1.807) is 0 Å². The zero-order valence-corrected chi connectivity index (χ0v) is 25.3. The molecule has 0 saturated carbocycles. The van der Waals surface area contributed by atoms with Gasteiger partial charge >= 0.3 is 5.97 Å². The Labute approximate surface area is 242 Å². The minimum Gasteiger partial charge on any atom is -0.480 e. The molecule has 0 aromatic carbocycles. The molecule has 0 aromatic rings. The first kappa shape index (κ1) is 35.8. The quantitative estimate of drug-likeness (QED) is 0.139. The fourth-order valence-corrected chi connectivity index (χ4v) is 4.88. The van der Waals surface area contributed by atoms with Crippen molar-refractivity contribution in [3.8, 4) is 0 Å². The van der Waals surface area contributed by atoms with E-state index in [0.29, 0.717) is 32.1 Å². The number of nitrogens with zero attached hydrogens (tertiary/aromatic N) is 1. The lowest BCUT2D eigenvalue weighted by Crippen LogP contribution is -2.58. The number of likely N-dealkylation sites (tertiary alicyclic amines) is 1. The second-order valence-electron chi connectivity index (χ2n) is 12.2. The zero-order valence-electron chi connectivity index (χ0n) is 25.3. The number of carbonyl (C=O) groups excluding carboxylic acids is 5. The predicted octanol–water partition coefficient (Wildman–Crippen LogP) is 0.248. The van der Waals surface area contributed by atoms with Crippen molar-refractivity contribution in [2.45, 2.75) is 117 Å². The van der Waals surface area contributed by atoms with E-state index in [4.69, 9.17) is 11.5 Å². The third-order valence-electron chi connectivity index (χ3n) is 6.86. The highest BCUT2D eigenvalue weighted by Gasteiger charge is 2.39. The molecule has 0 bridgehead atoms. The van der Waals surface area contributed by atoms with Gasteiger partial charge in [0.2, 0.25) is 29.5 Å². The molecular weight excluding hydrogens is 532 g/mol. The van der Waals surface area contributed by atoms with Gasteiger partial charge in [-0.05, 0) is 56.3 Å². The summed E-state index contributed by atoms with van der Waals surface area (Å²) >= 11 is 0. The summed E-state index contributed by atoms with van der Waals surface area (Å²) < 4.78 is 0. The van der Waals surface area contributed by atoms with Gasteiger partial charge in [-0.15, -0.1) is 0 Å². The molecule has 0 aromatic heterocycles. The van der Waals surface area contributed by atoms with Crippen LogP contribution in [0.2, 0.25) is 0 Å². The van der Waals surface area contributed by atoms with E-state index in [1.807, 2.05) is 41.5 Å². The van der Waals surface area contributed by atoms with Crippen LogP contribution in [0.1, 0.15) is 86.5 Å². The van der Waals surface area contributed by atoms with E-state index in [9.17, 15) is 33.9 Å². The number of amides is 5. The second kappa shape index (κ2) is 16.9. The van der Waals surface area contributed by atoms with Crippen molar-refractivity contribution in [3.63, 3.8) is 0 Å². The summed E-state index contributed by atoms with van der Waals surface area (Å²) in [6.07, 6.45) is 1.54. The molecule has 1 aliphatic rings. The standard InChI is InChI=1S/C28H50N6O7/c1-15(2)12-18(29)24(36)32-20(13-16(3)4)25(37)33-21(14-17(5)6)27(39)34-11-7-8-22(34)26(38)31-19(28(40)41)9-10-23(30)35/h15-22H,7-14,29H2,1-6H3,(H2,30,35)(H,31,38)(H,32,36)(H,33,37)(H,40,41)/t18-,19-,20-,21-,22-/m0/s1. The van der Waals surface area contributed by atoms with Crippen LogP contribution in [-0.4, -0.2) is 82.3 Å². The minimum absolute atomic E-state index is 0.0157. The summed E-state index contributed by atoms with van der Waals surface area (Å²) in [5.41, 5.74) is 11.1. The van der Waals surface area contributed by atoms with E-state index < -0.39 is 65.7 Å². The number of carbonyl (C=O) groups is 6. The molecule has 0 unspecified atom stereocenters. The molecule has 41 heavy (non-hydrogen) atoms. The van der Waals surface area contributed by atoms with Crippen LogP contribution in [0.5, 0.6) is 0 Å². The molecule has 0 spiro atoms. The van der Waals surface area contributed by atoms with Gasteiger partial charge in [0.25, 0.3) is 0 Å². The van der Waals surface area contributed by atoms with Crippen molar-refractivity contribution in [1.82, 2.24) is 20.9 Å². The lowest BCUT2D eigenvalue weighted by Gasteiger charge is -2.31. The molecule has 5 amide bonds. The molecule has 5 atom stereocenters. The van der Waals surface area contributed by atoms with Gasteiger partial charge in [-0.2, -0.15) is 0 Å². The Kier molecular flexibility index (Phi) is 14.8. The maximum Gasteiger partial charge on any atom is 0.326 e. The molecule has 1 rings (SSSR count). The molecule has 1 heterocycles. The van der Waals surface area contributed by atoms with Crippen LogP contribution in [0.25, 0.3) is 0 Å². The fraction of sp³-hybridized carbons (Fsp3) is 0.786. The van der Waals surface area contributed by atoms with Crippen molar-refractivity contribution in [2.24, 2.45) is 29.2 Å². The van der Waals surface area contributed by atoms with E-state index >= 15 is 0 Å². The summed E-state index contributed by atoms with van der Waals surface area (Å²) in [6, 6.07) is -4.89. The number of rotatable bonds is 17. The highest BCUT2D eigenvalue weighted by Crippen LogP contribution is 2.21. The van der Waals surface area contributed by atoms with Crippen LogP contribution in [0, 0.1) is 17.8 Å². The summed E-state index contributed by atoms with van der Waals surface area (Å²) in [5, 5.41) is 17.4. The third-order valence-corrected chi connectivity index (χ3v) is 6.86. The number of primary amides is 1. The molecule has 0 radical (unpaired) electrons. The SMILES string of the molecule is CC(C)C[C@H](NC(=O)[C@@H](N)CC(C)C)C(=O)N[C@@H](CC(C)C)C(=O)N1CCC[C@H]1C(=O)N[C@@H](CCC(N)=O)C(=O)O. The lowest BCUT2D eigenvalue weighted by molar-refractivity contribution is -0.145. The van der Waals surface area contributed by atoms with E-state index in [0.717, 1.165) is 0 Å². The number of aliphatic carboxylic acids is 1. The van der Waals surface area contributed by atoms with Crippen LogP contribution < -0.4 is 27.4 Å². The van der Waals surface area contributed by atoms with Crippen LogP contribution in [0.4, 0.5) is 0 Å². The van der Waals surface area contributed by atoms with E-state index in [-0.39, 0.29) is 37.1 Å². The van der Waals surface area contributed by atoms with Crippen molar-refractivity contribution in [1.29, 1.82) is 0 Å². The second-order valence-corrected chi connectivity index (χ2v) is 12.2. The maximum absolute atomic E-state index is 13.7. The van der Waals surface area contributed by atoms with Gasteiger partial charge in [-0.3, -0.25) is 24.0 Å². The van der Waals surface area contributed by atoms with Gasteiger partial charge < -0.3 is 37.4 Å². The Morgan fingerprint density at radius 3 is 1.85 bits per heavy atom. The smallest absolute Gasteiger partial charge is 0.326 e. The first-order valence-corrected chi connectivity index (χ1v) is 14.5. The Hall–Kier alpha value is -3.22. The third kappa shape index (κ3) is 12.4. The number of hydrogen-bond acceptors (Lipinski definition) is 7. The molecular formula is C28H50N6O7. The van der Waals surface area contributed by atoms with Crippen LogP contribution in [-0.2, 0) is 28.8 Å². The molecule has 8 N–H and O–H groups in total. The molecule has 1 saturated heterocycles. The monoisotopic (exact) mass is 582 g/mol. The number of nitrogens with one attached hydrogen (secondary N) is 3. The zero-order chi connectivity index (χ0) is 31.4. The van der Waals surface area contributed by atoms with E-state index in [2.05, 4.69) is 16.0 Å².